The van der Waals surface area contributed by atoms with E-state index in [1.165, 1.54) is 60.9 Å². The van der Waals surface area contributed by atoms with Crippen molar-refractivity contribution in [1.29, 1.82) is 0 Å². The molecular weight excluding hydrogens is 864 g/mol. The lowest BCUT2D eigenvalue weighted by Crippen LogP contribution is -2.16. The van der Waals surface area contributed by atoms with Crippen molar-refractivity contribution in [2.24, 2.45) is 0 Å². The lowest BCUT2D eigenvalue weighted by Gasteiger charge is -2.12. The number of cyclic esters (lactones) is 2. The third-order valence-electron chi connectivity index (χ3n) is 7.28. The number of carboxylic acid groups (broad SMARTS) is 1. The van der Waals surface area contributed by atoms with Gasteiger partial charge in [-0.1, -0.05) is 0 Å². The number of carboxylic acids is 1. The summed E-state index contributed by atoms with van der Waals surface area (Å²) >= 11 is 0. The minimum absolute atomic E-state index is 0. The molecule has 0 aromatic heterocycles. The van der Waals surface area contributed by atoms with E-state index in [2.05, 4.69) is 4.74 Å². The van der Waals surface area contributed by atoms with E-state index in [-0.39, 0.29) is 37.0 Å². The lowest BCUT2D eigenvalue weighted by molar-refractivity contribution is -0.144. The van der Waals surface area contributed by atoms with Crippen LogP contribution in [0.25, 0.3) is 12.2 Å². The first kappa shape index (κ1) is 57.1. The summed E-state index contributed by atoms with van der Waals surface area (Å²) in [6.45, 7) is -0.343. The fraction of sp³-hybridized carbons (Fsp3) is 0.333. The van der Waals surface area contributed by atoms with Crippen molar-refractivity contribution in [2.75, 3.05) is 55.9 Å². The molecule has 26 heteroatoms. The molecular formula is C36H48O25S. The third kappa shape index (κ3) is 18.5. The summed E-state index contributed by atoms with van der Waals surface area (Å²) in [5.41, 5.74) is 1.08. The van der Waals surface area contributed by atoms with Gasteiger partial charge >= 0.3 is 34.3 Å². The summed E-state index contributed by atoms with van der Waals surface area (Å²) < 4.78 is 76.8. The quantitative estimate of drug-likeness (QED) is 0.0535. The molecule has 0 saturated heterocycles. The van der Waals surface area contributed by atoms with Gasteiger partial charge in [0.2, 0.25) is 11.5 Å². The van der Waals surface area contributed by atoms with Gasteiger partial charge in [0.15, 0.2) is 23.7 Å². The summed E-state index contributed by atoms with van der Waals surface area (Å²) in [4.78, 5) is 44.0. The SMILES string of the molecule is COc1cc(OC)c(/C=C/C(=O)O)c(OC)c1.COc1cc(OC)c(/C=C/C(=O)OCC[C@H]2OC(=O)C(O)=C2O)c(OC)c1.O.O.O=C1O[C@H](CCO)C(O)=C1O.O=S(=O)(O)O. The number of rotatable bonds is 15. The number of hydrogen-bond donors (Lipinski definition) is 8. The van der Waals surface area contributed by atoms with Crippen molar-refractivity contribution in [3.05, 3.63) is 70.6 Å². The van der Waals surface area contributed by atoms with Crippen molar-refractivity contribution in [3.8, 4) is 34.5 Å². The van der Waals surface area contributed by atoms with Crippen molar-refractivity contribution in [2.45, 2.75) is 25.0 Å². The Morgan fingerprint density at radius 2 is 0.984 bits per heavy atom. The molecule has 0 fully saturated rings. The largest absolute Gasteiger partial charge is 0.505 e. The Morgan fingerprint density at radius 3 is 1.26 bits per heavy atom. The molecule has 2 aromatic carbocycles. The van der Waals surface area contributed by atoms with Crippen LogP contribution in [0.5, 0.6) is 34.5 Å². The Balaban J connectivity index is 0. The summed E-state index contributed by atoms with van der Waals surface area (Å²) in [7, 11) is 4.30. The Kier molecular flexibility index (Phi) is 25.5. The second-order valence-corrected chi connectivity index (χ2v) is 12.0. The van der Waals surface area contributed by atoms with Crippen LogP contribution in [0.4, 0.5) is 0 Å². The number of methoxy groups -OCH3 is 6. The van der Waals surface area contributed by atoms with Crippen molar-refractivity contribution >= 4 is 46.4 Å². The molecule has 0 radical (unpaired) electrons. The number of esters is 3. The number of ether oxygens (including phenoxy) is 9. The van der Waals surface area contributed by atoms with E-state index in [0.717, 1.165) is 6.08 Å². The molecule has 12 N–H and O–H groups in total. The molecule has 4 rings (SSSR count). The molecule has 2 heterocycles. The van der Waals surface area contributed by atoms with Gasteiger partial charge in [0.05, 0.1) is 60.4 Å². The van der Waals surface area contributed by atoms with Crippen LogP contribution in [0.1, 0.15) is 24.0 Å². The van der Waals surface area contributed by atoms with Crippen LogP contribution in [0.2, 0.25) is 0 Å². The third-order valence-corrected chi connectivity index (χ3v) is 7.28. The number of carbonyl (C=O) groups is 4. The van der Waals surface area contributed by atoms with Gasteiger partial charge in [0.1, 0.15) is 34.5 Å². The van der Waals surface area contributed by atoms with Crippen LogP contribution in [-0.4, -0.2) is 151 Å². The maximum absolute atomic E-state index is 11.9. The predicted octanol–water partition coefficient (Wildman–Crippen LogP) is 1.04. The van der Waals surface area contributed by atoms with E-state index in [0.29, 0.717) is 45.6 Å². The summed E-state index contributed by atoms with van der Waals surface area (Å²) in [6.07, 6.45) is 3.28. The molecule has 25 nitrogen and oxygen atoms in total. The first-order valence-corrected chi connectivity index (χ1v) is 17.9. The van der Waals surface area contributed by atoms with Gasteiger partial charge in [0.25, 0.3) is 0 Å². The molecule has 2 aromatic rings. The topological polar surface area (TPSA) is 410 Å². The fourth-order valence-electron chi connectivity index (χ4n) is 4.52. The number of aliphatic hydroxyl groups excluding tert-OH is 5. The Morgan fingerprint density at radius 1 is 0.645 bits per heavy atom. The van der Waals surface area contributed by atoms with Crippen LogP contribution >= 0.6 is 0 Å². The second kappa shape index (κ2) is 27.7. The summed E-state index contributed by atoms with van der Waals surface area (Å²) in [5, 5.41) is 53.4. The van der Waals surface area contributed by atoms with Crippen LogP contribution in [0, 0.1) is 0 Å². The minimum atomic E-state index is -4.67. The van der Waals surface area contributed by atoms with E-state index >= 15 is 0 Å². The Labute approximate surface area is 353 Å². The molecule has 0 bridgehead atoms. The van der Waals surface area contributed by atoms with Gasteiger partial charge in [0, 0.05) is 55.9 Å². The molecule has 0 spiro atoms. The predicted molar refractivity (Wildman–Crippen MR) is 211 cm³/mol. The standard InChI is InChI=1S/C18H20O9.C12H14O5.C6H8O5.H2O4S.2H2O/c1-23-10-8-13(24-2)11(14(9-10)25-3)4-5-15(19)26-7-6-12-16(20)17(21)18(22)27-12;1-15-8-6-10(16-2)9(4-5-12(13)14)11(7-8)17-3;7-2-1-3-4(8)5(9)6(10)11-3;1-5(2,3)4;;/h4-5,8-9,12,20-21H,6-7H2,1-3H3;4-7H,1-3H3,(H,13,14);3,7-9H,1-2H2;(H2,1,2,3,4);2*1H2/b2*5-4+;;;;/t12-;;3-;;;/m1.1.../s1. The van der Waals surface area contributed by atoms with Crippen molar-refractivity contribution < 1.29 is 121 Å². The van der Waals surface area contributed by atoms with Gasteiger partial charge in [-0.3, -0.25) is 9.11 Å². The second-order valence-electron chi connectivity index (χ2n) is 11.1. The molecule has 62 heavy (non-hydrogen) atoms. The lowest BCUT2D eigenvalue weighted by atomic mass is 10.1. The normalized spacial score (nSPS) is 15.2. The highest BCUT2D eigenvalue weighted by atomic mass is 32.3. The molecule has 2 aliphatic heterocycles. The van der Waals surface area contributed by atoms with E-state index in [4.69, 9.17) is 75.8 Å². The Hall–Kier alpha value is -6.97. The first-order chi connectivity index (χ1) is 28.2. The van der Waals surface area contributed by atoms with Crippen LogP contribution < -0.4 is 28.4 Å². The molecule has 0 unspecified atom stereocenters. The van der Waals surface area contributed by atoms with Crippen LogP contribution in [0.3, 0.4) is 0 Å². The number of benzene rings is 2. The van der Waals surface area contributed by atoms with E-state index in [1.54, 1.807) is 24.3 Å². The highest BCUT2D eigenvalue weighted by Gasteiger charge is 2.34. The maximum atomic E-state index is 11.9. The minimum Gasteiger partial charge on any atom is -0.505 e. The number of aliphatic hydroxyl groups is 5. The molecule has 2 atom stereocenters. The van der Waals surface area contributed by atoms with Gasteiger partial charge in [-0.2, -0.15) is 8.42 Å². The van der Waals surface area contributed by atoms with Gasteiger partial charge < -0.3 is 84.2 Å². The average molecular weight is 913 g/mol. The maximum Gasteiger partial charge on any atom is 0.394 e. The monoisotopic (exact) mass is 912 g/mol. The van der Waals surface area contributed by atoms with E-state index < -0.39 is 69.5 Å². The zero-order valence-electron chi connectivity index (χ0n) is 33.7. The van der Waals surface area contributed by atoms with Gasteiger partial charge in [-0.05, 0) is 12.2 Å². The molecule has 0 aliphatic carbocycles. The van der Waals surface area contributed by atoms with Gasteiger partial charge in [-0.15, -0.1) is 0 Å². The average Bonchev–Trinajstić information content (AvgIpc) is 3.60. The number of aliphatic carboxylic acids is 1. The van der Waals surface area contributed by atoms with Crippen LogP contribution in [-0.2, 0) is 43.8 Å². The van der Waals surface area contributed by atoms with Crippen LogP contribution in [0.15, 0.2) is 59.5 Å². The number of carbonyl (C=O) groups excluding carboxylic acids is 3. The highest BCUT2D eigenvalue weighted by molar-refractivity contribution is 7.79. The van der Waals surface area contributed by atoms with E-state index in [1.807, 2.05) is 0 Å². The fourth-order valence-corrected chi connectivity index (χ4v) is 4.52. The molecule has 0 saturated carbocycles. The van der Waals surface area contributed by atoms with Crippen molar-refractivity contribution in [1.82, 2.24) is 0 Å². The highest BCUT2D eigenvalue weighted by Crippen LogP contribution is 2.36. The number of hydrogen-bond acceptors (Lipinski definition) is 20. The first-order valence-electron chi connectivity index (χ1n) is 16.5. The Bertz CT molecular complexity index is 1990. The summed E-state index contributed by atoms with van der Waals surface area (Å²) in [5.74, 6) is -3.34. The van der Waals surface area contributed by atoms with Gasteiger partial charge in [-0.25, -0.2) is 19.2 Å². The molecule has 348 valence electrons. The van der Waals surface area contributed by atoms with E-state index in [9.17, 15) is 29.4 Å². The molecule has 0 amide bonds. The van der Waals surface area contributed by atoms with Crippen molar-refractivity contribution in [3.63, 3.8) is 0 Å². The zero-order valence-corrected chi connectivity index (χ0v) is 34.5. The zero-order chi connectivity index (χ0) is 45.7. The smallest absolute Gasteiger partial charge is 0.394 e. The molecule has 2 aliphatic rings. The summed E-state index contributed by atoms with van der Waals surface area (Å²) in [6, 6.07) is 6.60.